The van der Waals surface area contributed by atoms with Crippen LogP contribution >= 0.6 is 0 Å². The number of hydrogen-bond acceptors (Lipinski definition) is 3. The lowest BCUT2D eigenvalue weighted by Gasteiger charge is -2.22. The minimum Gasteiger partial charge on any atom is -0.391 e. The molecule has 0 bridgehead atoms. The maximum absolute atomic E-state index is 9.34. The molecule has 1 aliphatic heterocycles. The minimum atomic E-state index is -0.250. The lowest BCUT2D eigenvalue weighted by atomic mass is 10.1. The zero-order valence-corrected chi connectivity index (χ0v) is 6.34. The van der Waals surface area contributed by atoms with Crippen molar-refractivity contribution >= 4 is 0 Å². The van der Waals surface area contributed by atoms with Crippen molar-refractivity contribution in [2.75, 3.05) is 26.3 Å². The van der Waals surface area contributed by atoms with Crippen LogP contribution in [0.5, 0.6) is 0 Å². The average molecular weight is 145 g/mol. The van der Waals surface area contributed by atoms with Gasteiger partial charge in [-0.3, -0.25) is 0 Å². The third kappa shape index (κ3) is 2.25. The molecular formula is C7H15NO2. The quantitative estimate of drug-likeness (QED) is 0.487. The largest absolute Gasteiger partial charge is 0.391 e. The molecule has 1 aliphatic rings. The number of hydrogen-bond donors (Lipinski definition) is 2. The topological polar surface area (TPSA) is 41.5 Å². The van der Waals surface area contributed by atoms with Gasteiger partial charge in [-0.2, -0.15) is 0 Å². The Balaban J connectivity index is 2.28. The fourth-order valence-corrected chi connectivity index (χ4v) is 0.976. The molecule has 0 amide bonds. The summed E-state index contributed by atoms with van der Waals surface area (Å²) in [6, 6.07) is 0. The van der Waals surface area contributed by atoms with Crippen LogP contribution in [0.25, 0.3) is 0 Å². The van der Waals surface area contributed by atoms with E-state index >= 15 is 0 Å². The summed E-state index contributed by atoms with van der Waals surface area (Å²) in [5.41, 5.74) is 0. The van der Waals surface area contributed by atoms with Gasteiger partial charge in [0.1, 0.15) is 0 Å². The van der Waals surface area contributed by atoms with E-state index in [2.05, 4.69) is 5.32 Å². The molecule has 0 aromatic heterocycles. The predicted molar refractivity (Wildman–Crippen MR) is 38.9 cm³/mol. The molecule has 2 N–H and O–H groups in total. The van der Waals surface area contributed by atoms with E-state index in [1.165, 1.54) is 0 Å². The van der Waals surface area contributed by atoms with Gasteiger partial charge in [-0.25, -0.2) is 0 Å². The van der Waals surface area contributed by atoms with E-state index in [0.717, 1.165) is 13.2 Å². The maximum Gasteiger partial charge on any atom is 0.0712 e. The molecule has 0 spiro atoms. The lowest BCUT2D eigenvalue weighted by molar-refractivity contribution is 0.0213. The standard InChI is InChI=1S/C7H15NO2/c1-6-5-10-3-2-8-4-7(6)9/h6-9H,2-5H2,1H3/t6-,7?/m0/s1. The summed E-state index contributed by atoms with van der Waals surface area (Å²) in [5, 5.41) is 12.4. The first kappa shape index (κ1) is 7.98. The molecule has 1 saturated heterocycles. The lowest BCUT2D eigenvalue weighted by Crippen LogP contribution is -2.38. The second-order valence-electron chi connectivity index (χ2n) is 2.82. The summed E-state index contributed by atoms with van der Waals surface area (Å²) in [5.74, 6) is 0.257. The normalized spacial score (nSPS) is 36.6. The van der Waals surface area contributed by atoms with Crippen molar-refractivity contribution in [3.63, 3.8) is 0 Å². The monoisotopic (exact) mass is 145 g/mol. The summed E-state index contributed by atoms with van der Waals surface area (Å²) in [4.78, 5) is 0. The Labute approximate surface area is 61.4 Å². The van der Waals surface area contributed by atoms with Gasteiger partial charge in [0.15, 0.2) is 0 Å². The van der Waals surface area contributed by atoms with E-state index < -0.39 is 0 Å². The summed E-state index contributed by atoms with van der Waals surface area (Å²) in [7, 11) is 0. The Bertz CT molecular complexity index is 85.6. The number of aliphatic hydroxyl groups excluding tert-OH is 1. The Morgan fingerprint density at radius 3 is 3.20 bits per heavy atom. The molecule has 1 fully saturated rings. The minimum absolute atomic E-state index is 0.250. The third-order valence-electron chi connectivity index (χ3n) is 1.81. The van der Waals surface area contributed by atoms with Crippen molar-refractivity contribution in [3.05, 3.63) is 0 Å². The summed E-state index contributed by atoms with van der Waals surface area (Å²) < 4.78 is 5.23. The summed E-state index contributed by atoms with van der Waals surface area (Å²) in [6.07, 6.45) is -0.250. The predicted octanol–water partition coefficient (Wildman–Crippen LogP) is -0.397. The van der Waals surface area contributed by atoms with Gasteiger partial charge >= 0.3 is 0 Å². The molecule has 1 heterocycles. The van der Waals surface area contributed by atoms with E-state index in [1.807, 2.05) is 6.92 Å². The van der Waals surface area contributed by atoms with Crippen LogP contribution in [0, 0.1) is 5.92 Å². The number of rotatable bonds is 0. The molecule has 60 valence electrons. The third-order valence-corrected chi connectivity index (χ3v) is 1.81. The summed E-state index contributed by atoms with van der Waals surface area (Å²) in [6.45, 7) is 4.99. The van der Waals surface area contributed by atoms with Crippen LogP contribution in [0.2, 0.25) is 0 Å². The number of aliphatic hydroxyl groups is 1. The zero-order chi connectivity index (χ0) is 7.40. The van der Waals surface area contributed by atoms with Crippen LogP contribution in [0.15, 0.2) is 0 Å². The Morgan fingerprint density at radius 1 is 1.60 bits per heavy atom. The van der Waals surface area contributed by atoms with Crippen LogP contribution < -0.4 is 5.32 Å². The number of ether oxygens (including phenoxy) is 1. The smallest absolute Gasteiger partial charge is 0.0712 e. The van der Waals surface area contributed by atoms with Crippen LogP contribution in [-0.4, -0.2) is 37.5 Å². The number of nitrogens with one attached hydrogen (secondary N) is 1. The fourth-order valence-electron chi connectivity index (χ4n) is 0.976. The Morgan fingerprint density at radius 2 is 2.40 bits per heavy atom. The van der Waals surface area contributed by atoms with Crippen molar-refractivity contribution in [1.29, 1.82) is 0 Å². The average Bonchev–Trinajstić information content (AvgIpc) is 1.92. The van der Waals surface area contributed by atoms with E-state index in [0.29, 0.717) is 13.2 Å². The first-order chi connectivity index (χ1) is 4.80. The fraction of sp³-hybridized carbons (Fsp3) is 1.00. The summed E-state index contributed by atoms with van der Waals surface area (Å²) >= 11 is 0. The zero-order valence-electron chi connectivity index (χ0n) is 6.34. The SMILES string of the molecule is C[C@H]1COCCNCC1O. The second-order valence-corrected chi connectivity index (χ2v) is 2.82. The van der Waals surface area contributed by atoms with E-state index in [-0.39, 0.29) is 12.0 Å². The molecule has 0 saturated carbocycles. The van der Waals surface area contributed by atoms with Gasteiger partial charge in [0, 0.05) is 19.0 Å². The molecule has 3 heteroatoms. The van der Waals surface area contributed by atoms with Crippen molar-refractivity contribution in [3.8, 4) is 0 Å². The van der Waals surface area contributed by atoms with Gasteiger partial charge in [-0.05, 0) is 0 Å². The highest BCUT2D eigenvalue weighted by Crippen LogP contribution is 2.03. The maximum atomic E-state index is 9.34. The van der Waals surface area contributed by atoms with Crippen molar-refractivity contribution in [1.82, 2.24) is 5.32 Å². The van der Waals surface area contributed by atoms with Crippen molar-refractivity contribution < 1.29 is 9.84 Å². The van der Waals surface area contributed by atoms with E-state index in [1.54, 1.807) is 0 Å². The van der Waals surface area contributed by atoms with Gasteiger partial charge < -0.3 is 15.2 Å². The molecule has 0 aliphatic carbocycles. The van der Waals surface area contributed by atoms with Gasteiger partial charge in [0.05, 0.1) is 19.3 Å². The Hall–Kier alpha value is -0.120. The molecule has 2 atom stereocenters. The first-order valence-corrected chi connectivity index (χ1v) is 3.77. The van der Waals surface area contributed by atoms with Gasteiger partial charge in [0.25, 0.3) is 0 Å². The molecule has 0 radical (unpaired) electrons. The van der Waals surface area contributed by atoms with E-state index in [9.17, 15) is 5.11 Å². The van der Waals surface area contributed by atoms with Crippen LogP contribution in [0.3, 0.4) is 0 Å². The van der Waals surface area contributed by atoms with Crippen LogP contribution in [-0.2, 0) is 4.74 Å². The molecule has 0 aromatic rings. The van der Waals surface area contributed by atoms with Gasteiger partial charge in [0.2, 0.25) is 0 Å². The molecule has 3 nitrogen and oxygen atoms in total. The van der Waals surface area contributed by atoms with Gasteiger partial charge in [-0.15, -0.1) is 0 Å². The highest BCUT2D eigenvalue weighted by molar-refractivity contribution is 4.68. The second kappa shape index (κ2) is 3.91. The van der Waals surface area contributed by atoms with Gasteiger partial charge in [-0.1, -0.05) is 6.92 Å². The molecule has 1 unspecified atom stereocenters. The van der Waals surface area contributed by atoms with Crippen LogP contribution in [0.4, 0.5) is 0 Å². The van der Waals surface area contributed by atoms with Crippen molar-refractivity contribution in [2.45, 2.75) is 13.0 Å². The first-order valence-electron chi connectivity index (χ1n) is 3.77. The molecule has 0 aromatic carbocycles. The van der Waals surface area contributed by atoms with Crippen molar-refractivity contribution in [2.24, 2.45) is 5.92 Å². The highest BCUT2D eigenvalue weighted by Gasteiger charge is 2.15. The molecule has 1 rings (SSSR count). The van der Waals surface area contributed by atoms with Crippen LogP contribution in [0.1, 0.15) is 6.92 Å². The highest BCUT2D eigenvalue weighted by atomic mass is 16.5. The number of β-amino-alcohol motifs (C(OH)–C–C–N with tert-alkyl or cyclic N) is 1. The Kier molecular flexibility index (Phi) is 3.12. The molecule has 10 heavy (non-hydrogen) atoms. The van der Waals surface area contributed by atoms with E-state index in [4.69, 9.17) is 4.74 Å². The molecular weight excluding hydrogens is 130 g/mol.